The summed E-state index contributed by atoms with van der Waals surface area (Å²) < 4.78 is 43.1. The van der Waals surface area contributed by atoms with Crippen molar-refractivity contribution in [1.82, 2.24) is 19.9 Å². The summed E-state index contributed by atoms with van der Waals surface area (Å²) in [5.74, 6) is 0.401. The molecule has 4 rings (SSSR count). The highest BCUT2D eigenvalue weighted by Gasteiger charge is 2.62. The first-order valence-corrected chi connectivity index (χ1v) is 8.17. The molecule has 0 bridgehead atoms. The summed E-state index contributed by atoms with van der Waals surface area (Å²) in [4.78, 5) is 12.7. The summed E-state index contributed by atoms with van der Waals surface area (Å²) in [6.45, 7) is 0.428. The average Bonchev–Trinajstić information content (AvgIpc) is 3.20. The first-order chi connectivity index (χ1) is 12.0. The number of aromatic nitrogens is 3. The minimum atomic E-state index is -4.40. The van der Waals surface area contributed by atoms with E-state index in [9.17, 15) is 13.2 Å². The zero-order valence-electron chi connectivity index (χ0n) is 13.4. The van der Waals surface area contributed by atoms with Gasteiger partial charge >= 0.3 is 6.18 Å². The number of aromatic amines is 1. The van der Waals surface area contributed by atoms with Crippen molar-refractivity contribution in [2.75, 3.05) is 6.54 Å². The van der Waals surface area contributed by atoms with Crippen LogP contribution < -0.4 is 0 Å². The van der Waals surface area contributed by atoms with Crippen LogP contribution in [0.25, 0.3) is 10.9 Å². The molecule has 0 radical (unpaired) electrons. The van der Waals surface area contributed by atoms with Crippen LogP contribution in [0.1, 0.15) is 24.2 Å². The summed E-state index contributed by atoms with van der Waals surface area (Å²) in [6, 6.07) is 8.77. The second kappa shape index (κ2) is 5.84. The molecule has 2 aromatic heterocycles. The van der Waals surface area contributed by atoms with Crippen molar-refractivity contribution in [3.63, 3.8) is 0 Å². The Hall–Kier alpha value is -2.41. The smallest absolute Gasteiger partial charge is 0.361 e. The van der Waals surface area contributed by atoms with Crippen LogP contribution in [-0.4, -0.2) is 32.6 Å². The van der Waals surface area contributed by atoms with E-state index in [1.54, 1.807) is 36.7 Å². The van der Waals surface area contributed by atoms with Crippen LogP contribution in [-0.2, 0) is 12.1 Å². The fourth-order valence-electron chi connectivity index (χ4n) is 3.86. The maximum atomic E-state index is 14.4. The summed E-state index contributed by atoms with van der Waals surface area (Å²) in [7, 11) is 0. The van der Waals surface area contributed by atoms with E-state index < -0.39 is 11.7 Å². The van der Waals surface area contributed by atoms with Crippen molar-refractivity contribution in [2.45, 2.75) is 31.1 Å². The van der Waals surface area contributed by atoms with E-state index in [0.717, 1.165) is 0 Å². The van der Waals surface area contributed by atoms with Crippen LogP contribution in [0.2, 0.25) is 0 Å². The van der Waals surface area contributed by atoms with E-state index in [2.05, 4.69) is 15.0 Å². The number of rotatable bonds is 3. The molecule has 1 aromatic carbocycles. The number of nitrogens with zero attached hydrogens (tertiary/aromatic N) is 3. The maximum Gasteiger partial charge on any atom is 0.411 e. The first kappa shape index (κ1) is 16.1. The van der Waals surface area contributed by atoms with Crippen molar-refractivity contribution < 1.29 is 13.2 Å². The van der Waals surface area contributed by atoms with Crippen molar-refractivity contribution in [3.05, 3.63) is 60.3 Å². The quantitative estimate of drug-likeness (QED) is 0.779. The monoisotopic (exact) mass is 346 g/mol. The highest BCUT2D eigenvalue weighted by molar-refractivity contribution is 5.84. The lowest BCUT2D eigenvalue weighted by molar-refractivity contribution is -0.230. The Kier molecular flexibility index (Phi) is 3.76. The third kappa shape index (κ3) is 2.50. The number of hydrogen-bond donors (Lipinski definition) is 1. The van der Waals surface area contributed by atoms with Gasteiger partial charge in [-0.25, -0.2) is 9.97 Å². The molecule has 1 unspecified atom stereocenters. The Morgan fingerprint density at radius 3 is 2.64 bits per heavy atom. The average molecular weight is 346 g/mol. The van der Waals surface area contributed by atoms with E-state index in [1.165, 1.54) is 11.1 Å². The molecule has 7 heteroatoms. The highest BCUT2D eigenvalue weighted by atomic mass is 19.4. The lowest BCUT2D eigenvalue weighted by Gasteiger charge is -2.39. The Labute approximate surface area is 142 Å². The lowest BCUT2D eigenvalue weighted by atomic mass is 9.86. The molecule has 0 amide bonds. The second-order valence-electron chi connectivity index (χ2n) is 6.30. The zero-order chi connectivity index (χ0) is 17.5. The fraction of sp³-hybridized carbons (Fsp3) is 0.333. The third-order valence-electron chi connectivity index (χ3n) is 4.96. The molecule has 1 N–H and O–H groups in total. The molecule has 1 saturated heterocycles. The Bertz CT molecular complexity index is 875. The van der Waals surface area contributed by atoms with Crippen molar-refractivity contribution in [3.8, 4) is 0 Å². The predicted octanol–water partition coefficient (Wildman–Crippen LogP) is 4.01. The van der Waals surface area contributed by atoms with Gasteiger partial charge in [0, 0.05) is 35.1 Å². The number of hydrogen-bond acceptors (Lipinski definition) is 3. The van der Waals surface area contributed by atoms with Crippen molar-refractivity contribution in [2.24, 2.45) is 0 Å². The van der Waals surface area contributed by atoms with Gasteiger partial charge in [-0.05, 0) is 31.5 Å². The molecular weight excluding hydrogens is 329 g/mol. The van der Waals surface area contributed by atoms with E-state index in [4.69, 9.17) is 0 Å². The topological polar surface area (TPSA) is 44.8 Å². The molecule has 0 aliphatic carbocycles. The SMILES string of the molecule is FC(F)(F)C1(c2c[nH]c3ccccc23)CCCN1Cc1ncccn1. The Balaban J connectivity index is 1.85. The number of fused-ring (bicyclic) bond motifs is 1. The first-order valence-electron chi connectivity index (χ1n) is 8.17. The van der Waals surface area contributed by atoms with Gasteiger partial charge in [0.05, 0.1) is 6.54 Å². The van der Waals surface area contributed by atoms with Gasteiger partial charge in [0.25, 0.3) is 0 Å². The maximum absolute atomic E-state index is 14.4. The Morgan fingerprint density at radius 2 is 1.88 bits per heavy atom. The van der Waals surface area contributed by atoms with E-state index in [0.29, 0.717) is 29.7 Å². The summed E-state index contributed by atoms with van der Waals surface area (Å²) in [5, 5.41) is 0.612. The van der Waals surface area contributed by atoms with Crippen molar-refractivity contribution >= 4 is 10.9 Å². The molecule has 1 aliphatic heterocycles. The zero-order valence-corrected chi connectivity index (χ0v) is 13.4. The van der Waals surface area contributed by atoms with Gasteiger partial charge in [-0.1, -0.05) is 18.2 Å². The molecule has 1 atom stereocenters. The van der Waals surface area contributed by atoms with Gasteiger partial charge in [-0.2, -0.15) is 13.2 Å². The largest absolute Gasteiger partial charge is 0.411 e. The number of nitrogens with one attached hydrogen (secondary N) is 1. The lowest BCUT2D eigenvalue weighted by Crippen LogP contribution is -2.52. The normalized spacial score (nSPS) is 21.9. The molecule has 1 aliphatic rings. The number of H-pyrrole nitrogens is 1. The molecule has 3 aromatic rings. The molecule has 1 fully saturated rings. The van der Waals surface area contributed by atoms with E-state index in [-0.39, 0.29) is 18.5 Å². The Morgan fingerprint density at radius 1 is 1.12 bits per heavy atom. The fourth-order valence-corrected chi connectivity index (χ4v) is 3.86. The molecule has 4 nitrogen and oxygen atoms in total. The minimum absolute atomic E-state index is 0.0329. The van der Waals surface area contributed by atoms with E-state index >= 15 is 0 Å². The van der Waals surface area contributed by atoms with E-state index in [1.807, 2.05) is 6.07 Å². The highest BCUT2D eigenvalue weighted by Crippen LogP contribution is 2.52. The minimum Gasteiger partial charge on any atom is -0.361 e. The van der Waals surface area contributed by atoms with Gasteiger partial charge in [0.1, 0.15) is 11.4 Å². The van der Waals surface area contributed by atoms with Gasteiger partial charge in [0.15, 0.2) is 0 Å². The van der Waals surface area contributed by atoms with Crippen LogP contribution in [0, 0.1) is 0 Å². The van der Waals surface area contributed by atoms with Crippen LogP contribution in [0.15, 0.2) is 48.9 Å². The molecule has 0 spiro atoms. The van der Waals surface area contributed by atoms with Crippen LogP contribution in [0.5, 0.6) is 0 Å². The molecule has 3 heterocycles. The third-order valence-corrected chi connectivity index (χ3v) is 4.96. The number of alkyl halides is 3. The summed E-state index contributed by atoms with van der Waals surface area (Å²) >= 11 is 0. The predicted molar refractivity (Wildman–Crippen MR) is 87.7 cm³/mol. The standard InChI is InChI=1S/C18H17F3N4/c19-18(20,21)17(14-11-24-15-6-2-1-5-13(14)15)7-3-10-25(17)12-16-22-8-4-9-23-16/h1-2,4-6,8-9,11,24H,3,7,10,12H2. The number of para-hydroxylation sites is 1. The second-order valence-corrected chi connectivity index (χ2v) is 6.30. The van der Waals surface area contributed by atoms with Gasteiger partial charge in [-0.3, -0.25) is 4.90 Å². The van der Waals surface area contributed by atoms with Gasteiger partial charge in [0.2, 0.25) is 0 Å². The summed E-state index contributed by atoms with van der Waals surface area (Å²) in [5.41, 5.74) is -1.03. The molecule has 0 saturated carbocycles. The molecular formula is C18H17F3N4. The number of likely N-dealkylation sites (tertiary alicyclic amines) is 1. The van der Waals surface area contributed by atoms with Crippen LogP contribution >= 0.6 is 0 Å². The van der Waals surface area contributed by atoms with Crippen LogP contribution in [0.3, 0.4) is 0 Å². The van der Waals surface area contributed by atoms with Gasteiger partial charge < -0.3 is 4.98 Å². The van der Waals surface area contributed by atoms with Gasteiger partial charge in [-0.15, -0.1) is 0 Å². The van der Waals surface area contributed by atoms with Crippen molar-refractivity contribution in [1.29, 1.82) is 0 Å². The number of halogens is 3. The summed E-state index contributed by atoms with van der Waals surface area (Å²) in [6.07, 6.45) is 0.724. The molecule has 25 heavy (non-hydrogen) atoms. The number of benzene rings is 1. The van der Waals surface area contributed by atoms with Crippen LogP contribution in [0.4, 0.5) is 13.2 Å². The molecule has 130 valence electrons.